The highest BCUT2D eigenvalue weighted by molar-refractivity contribution is 6.30. The standard InChI is InChI=1S/C19H17ClN6O/c1-13(27)19-21-23-24-26(19)12-15-11-25(17-5-3-2-4-6-17)22-18(15)14-7-9-16(20)10-8-14/h2-11,13,27H,12H2,1H3/t13-/m1/s1. The van der Waals surface area contributed by atoms with Gasteiger partial charge in [0.15, 0.2) is 5.82 Å². The van der Waals surface area contributed by atoms with Crippen LogP contribution in [0.1, 0.15) is 24.4 Å². The molecular weight excluding hydrogens is 364 g/mol. The van der Waals surface area contributed by atoms with Crippen molar-refractivity contribution < 1.29 is 5.11 Å². The highest BCUT2D eigenvalue weighted by atomic mass is 35.5. The van der Waals surface area contributed by atoms with Crippen LogP contribution in [0.25, 0.3) is 16.9 Å². The number of tetrazole rings is 1. The first-order chi connectivity index (χ1) is 13.1. The van der Waals surface area contributed by atoms with Gasteiger partial charge >= 0.3 is 0 Å². The van der Waals surface area contributed by atoms with Crippen LogP contribution in [-0.4, -0.2) is 35.1 Å². The van der Waals surface area contributed by atoms with Crippen LogP contribution in [0.4, 0.5) is 0 Å². The van der Waals surface area contributed by atoms with Gasteiger partial charge in [-0.25, -0.2) is 9.36 Å². The Morgan fingerprint density at radius 3 is 2.52 bits per heavy atom. The van der Waals surface area contributed by atoms with Gasteiger partial charge in [-0.05, 0) is 41.6 Å². The van der Waals surface area contributed by atoms with Gasteiger partial charge in [-0.2, -0.15) is 5.10 Å². The fourth-order valence-corrected chi connectivity index (χ4v) is 3.00. The van der Waals surface area contributed by atoms with E-state index in [1.807, 2.05) is 65.5 Å². The number of nitrogens with zero attached hydrogens (tertiary/aromatic N) is 6. The molecule has 0 fully saturated rings. The third-order valence-electron chi connectivity index (χ3n) is 4.18. The molecule has 27 heavy (non-hydrogen) atoms. The second-order valence-corrected chi connectivity index (χ2v) is 6.60. The molecule has 2 heterocycles. The molecule has 0 unspecified atom stereocenters. The number of hydrogen-bond acceptors (Lipinski definition) is 5. The topological polar surface area (TPSA) is 81.7 Å². The third-order valence-corrected chi connectivity index (χ3v) is 4.43. The number of benzene rings is 2. The molecule has 0 bridgehead atoms. The molecule has 4 aromatic rings. The second-order valence-electron chi connectivity index (χ2n) is 6.16. The maximum atomic E-state index is 9.87. The molecule has 136 valence electrons. The molecular formula is C19H17ClN6O. The molecule has 4 rings (SSSR count). The summed E-state index contributed by atoms with van der Waals surface area (Å²) in [6.07, 6.45) is 1.19. The number of aliphatic hydroxyl groups excluding tert-OH is 1. The zero-order valence-corrected chi connectivity index (χ0v) is 15.3. The van der Waals surface area contributed by atoms with Crippen LogP contribution in [0, 0.1) is 0 Å². The van der Waals surface area contributed by atoms with Gasteiger partial charge in [0.2, 0.25) is 0 Å². The lowest BCUT2D eigenvalue weighted by Crippen LogP contribution is -2.09. The van der Waals surface area contributed by atoms with E-state index in [1.54, 1.807) is 11.6 Å². The van der Waals surface area contributed by atoms with Crippen LogP contribution >= 0.6 is 11.6 Å². The number of aromatic nitrogens is 6. The molecule has 0 aliphatic carbocycles. The molecule has 2 aromatic carbocycles. The fraction of sp³-hybridized carbons (Fsp3) is 0.158. The second kappa shape index (κ2) is 7.30. The van der Waals surface area contributed by atoms with Gasteiger partial charge in [0.1, 0.15) is 6.10 Å². The predicted octanol–water partition coefficient (Wildman–Crippen LogP) is 3.28. The Morgan fingerprint density at radius 2 is 1.81 bits per heavy atom. The smallest absolute Gasteiger partial charge is 0.180 e. The molecule has 8 heteroatoms. The molecule has 1 atom stereocenters. The summed E-state index contributed by atoms with van der Waals surface area (Å²) in [5.74, 6) is 0.407. The first-order valence-corrected chi connectivity index (χ1v) is 8.83. The average Bonchev–Trinajstić information content (AvgIpc) is 3.31. The minimum Gasteiger partial charge on any atom is -0.385 e. The molecule has 0 aliphatic rings. The summed E-state index contributed by atoms with van der Waals surface area (Å²) in [6.45, 7) is 2.02. The summed E-state index contributed by atoms with van der Waals surface area (Å²) < 4.78 is 3.40. The van der Waals surface area contributed by atoms with Crippen LogP contribution in [0.5, 0.6) is 0 Å². The van der Waals surface area contributed by atoms with E-state index < -0.39 is 6.10 Å². The lowest BCUT2D eigenvalue weighted by Gasteiger charge is -2.06. The highest BCUT2D eigenvalue weighted by Gasteiger charge is 2.17. The predicted molar refractivity (Wildman–Crippen MR) is 102 cm³/mol. The number of hydrogen-bond donors (Lipinski definition) is 1. The van der Waals surface area contributed by atoms with E-state index in [1.165, 1.54) is 0 Å². The molecule has 2 aromatic heterocycles. The van der Waals surface area contributed by atoms with Crippen molar-refractivity contribution in [1.29, 1.82) is 0 Å². The highest BCUT2D eigenvalue weighted by Crippen LogP contribution is 2.26. The first kappa shape index (κ1) is 17.4. The molecule has 7 nitrogen and oxygen atoms in total. The third kappa shape index (κ3) is 3.60. The van der Waals surface area contributed by atoms with Crippen molar-refractivity contribution in [3.05, 3.63) is 77.2 Å². The fourth-order valence-electron chi connectivity index (χ4n) is 2.87. The Kier molecular flexibility index (Phi) is 4.70. The molecule has 0 saturated heterocycles. The SMILES string of the molecule is C[C@@H](O)c1nnnn1Cc1cn(-c2ccccc2)nc1-c1ccc(Cl)cc1. The van der Waals surface area contributed by atoms with Gasteiger partial charge in [-0.1, -0.05) is 41.9 Å². The summed E-state index contributed by atoms with van der Waals surface area (Å²) in [6, 6.07) is 17.4. The number of aliphatic hydroxyl groups is 1. The van der Waals surface area contributed by atoms with Crippen molar-refractivity contribution in [2.75, 3.05) is 0 Å². The lowest BCUT2D eigenvalue weighted by molar-refractivity contribution is 0.182. The normalized spacial score (nSPS) is 12.3. The van der Waals surface area contributed by atoms with Crippen LogP contribution in [0.3, 0.4) is 0 Å². The van der Waals surface area contributed by atoms with E-state index in [-0.39, 0.29) is 0 Å². The van der Waals surface area contributed by atoms with Gasteiger partial charge in [0, 0.05) is 22.3 Å². The summed E-state index contributed by atoms with van der Waals surface area (Å²) in [5, 5.41) is 26.9. The molecule has 0 aliphatic heterocycles. The molecule has 1 N–H and O–H groups in total. The minimum absolute atomic E-state index is 0.387. The average molecular weight is 381 g/mol. The quantitative estimate of drug-likeness (QED) is 0.574. The van der Waals surface area contributed by atoms with Gasteiger partial charge in [0.25, 0.3) is 0 Å². The molecule has 0 saturated carbocycles. The van der Waals surface area contributed by atoms with Gasteiger partial charge < -0.3 is 5.11 Å². The van der Waals surface area contributed by atoms with Crippen molar-refractivity contribution in [3.63, 3.8) is 0 Å². The van der Waals surface area contributed by atoms with E-state index in [4.69, 9.17) is 16.7 Å². The maximum absolute atomic E-state index is 9.87. The van der Waals surface area contributed by atoms with Crippen molar-refractivity contribution in [1.82, 2.24) is 30.0 Å². The Morgan fingerprint density at radius 1 is 1.07 bits per heavy atom. The van der Waals surface area contributed by atoms with Crippen molar-refractivity contribution in [2.24, 2.45) is 0 Å². The molecule has 0 spiro atoms. The van der Waals surface area contributed by atoms with E-state index >= 15 is 0 Å². The molecule has 0 radical (unpaired) electrons. The van der Waals surface area contributed by atoms with E-state index in [2.05, 4.69) is 15.5 Å². The zero-order chi connectivity index (χ0) is 18.8. The van der Waals surface area contributed by atoms with E-state index in [0.717, 1.165) is 22.5 Å². The summed E-state index contributed by atoms with van der Waals surface area (Å²) in [7, 11) is 0. The van der Waals surface area contributed by atoms with E-state index in [9.17, 15) is 5.11 Å². The first-order valence-electron chi connectivity index (χ1n) is 8.46. The summed E-state index contributed by atoms with van der Waals surface area (Å²) in [4.78, 5) is 0. The van der Waals surface area contributed by atoms with Crippen LogP contribution in [0.15, 0.2) is 60.8 Å². The monoisotopic (exact) mass is 380 g/mol. The Hall–Kier alpha value is -3.03. The summed E-state index contributed by atoms with van der Waals surface area (Å²) >= 11 is 6.03. The van der Waals surface area contributed by atoms with Crippen LogP contribution < -0.4 is 0 Å². The largest absolute Gasteiger partial charge is 0.385 e. The Labute approximate surface area is 160 Å². The van der Waals surface area contributed by atoms with Gasteiger partial charge in [-0.15, -0.1) is 5.10 Å². The minimum atomic E-state index is -0.761. The van der Waals surface area contributed by atoms with Crippen molar-refractivity contribution in [3.8, 4) is 16.9 Å². The Balaban J connectivity index is 1.79. The zero-order valence-electron chi connectivity index (χ0n) is 14.6. The molecule has 0 amide bonds. The number of para-hydroxylation sites is 1. The maximum Gasteiger partial charge on any atom is 0.180 e. The van der Waals surface area contributed by atoms with Crippen LogP contribution in [-0.2, 0) is 6.54 Å². The van der Waals surface area contributed by atoms with E-state index in [0.29, 0.717) is 17.4 Å². The van der Waals surface area contributed by atoms with Crippen molar-refractivity contribution in [2.45, 2.75) is 19.6 Å². The van der Waals surface area contributed by atoms with Gasteiger partial charge in [0.05, 0.1) is 17.9 Å². The van der Waals surface area contributed by atoms with Crippen LogP contribution in [0.2, 0.25) is 5.02 Å². The number of halogens is 1. The lowest BCUT2D eigenvalue weighted by atomic mass is 10.1. The summed E-state index contributed by atoms with van der Waals surface area (Å²) in [5.41, 5.74) is 3.63. The Bertz CT molecular complexity index is 1040. The van der Waals surface area contributed by atoms with Gasteiger partial charge in [-0.3, -0.25) is 0 Å². The number of rotatable bonds is 5. The van der Waals surface area contributed by atoms with Crippen molar-refractivity contribution >= 4 is 11.6 Å².